The van der Waals surface area contributed by atoms with Crippen molar-refractivity contribution in [1.82, 2.24) is 5.32 Å². The molecule has 0 saturated heterocycles. The summed E-state index contributed by atoms with van der Waals surface area (Å²) in [5.41, 5.74) is -0.744. The summed E-state index contributed by atoms with van der Waals surface area (Å²) in [4.78, 5) is 33.7. The second-order valence-corrected chi connectivity index (χ2v) is 5.28. The highest BCUT2D eigenvalue weighted by molar-refractivity contribution is 5.85. The monoisotopic (exact) mass is 275 g/mol. The Morgan fingerprint density at radius 2 is 1.74 bits per heavy atom. The molecule has 2 N–H and O–H groups in total. The number of carbonyl (C=O) groups excluding carboxylic acids is 2. The Hall–Kier alpha value is -1.79. The van der Waals surface area contributed by atoms with Gasteiger partial charge < -0.3 is 19.9 Å². The molecule has 0 aromatic rings. The van der Waals surface area contributed by atoms with E-state index in [1.54, 1.807) is 34.6 Å². The smallest absolute Gasteiger partial charge is 0.408 e. The summed E-state index contributed by atoms with van der Waals surface area (Å²) in [5, 5.41) is 11.0. The summed E-state index contributed by atoms with van der Waals surface area (Å²) in [5.74, 6) is -2.02. The van der Waals surface area contributed by atoms with Crippen LogP contribution in [0.2, 0.25) is 0 Å². The standard InChI is InChI=1S/C12H21NO6/c1-7(2)18-9(14)6-8(10(15)16)13-11(17)19-12(3,4)5/h7-8H,6H2,1-5H3,(H,13,17)(H,15,16). The van der Waals surface area contributed by atoms with Gasteiger partial charge in [0.1, 0.15) is 11.6 Å². The van der Waals surface area contributed by atoms with Gasteiger partial charge in [0, 0.05) is 0 Å². The number of carbonyl (C=O) groups is 3. The van der Waals surface area contributed by atoms with Crippen LogP contribution in [0.25, 0.3) is 0 Å². The fourth-order valence-electron chi connectivity index (χ4n) is 1.13. The third-order valence-electron chi connectivity index (χ3n) is 1.73. The van der Waals surface area contributed by atoms with Crippen LogP contribution in [0.1, 0.15) is 41.0 Å². The molecule has 7 heteroatoms. The minimum absolute atomic E-state index is 0.344. The topological polar surface area (TPSA) is 102 Å². The number of hydrogen-bond donors (Lipinski definition) is 2. The van der Waals surface area contributed by atoms with Crippen LogP contribution in [0, 0.1) is 0 Å². The van der Waals surface area contributed by atoms with Crippen molar-refractivity contribution in [3.63, 3.8) is 0 Å². The van der Waals surface area contributed by atoms with Gasteiger partial charge in [-0.05, 0) is 34.6 Å². The van der Waals surface area contributed by atoms with E-state index in [4.69, 9.17) is 14.6 Å². The molecule has 0 aromatic carbocycles. The molecule has 0 spiro atoms. The molecular weight excluding hydrogens is 254 g/mol. The summed E-state index contributed by atoms with van der Waals surface area (Å²) >= 11 is 0. The van der Waals surface area contributed by atoms with Crippen molar-refractivity contribution in [1.29, 1.82) is 0 Å². The summed E-state index contributed by atoms with van der Waals surface area (Å²) in [6.07, 6.45) is -1.69. The van der Waals surface area contributed by atoms with Crippen LogP contribution in [0.3, 0.4) is 0 Å². The lowest BCUT2D eigenvalue weighted by atomic mass is 10.2. The summed E-state index contributed by atoms with van der Waals surface area (Å²) < 4.78 is 9.73. The lowest BCUT2D eigenvalue weighted by Gasteiger charge is -2.21. The first-order valence-corrected chi connectivity index (χ1v) is 5.93. The maximum Gasteiger partial charge on any atom is 0.408 e. The van der Waals surface area contributed by atoms with Crippen molar-refractivity contribution in [2.24, 2.45) is 0 Å². The third-order valence-corrected chi connectivity index (χ3v) is 1.73. The number of rotatable bonds is 5. The zero-order valence-electron chi connectivity index (χ0n) is 11.9. The minimum Gasteiger partial charge on any atom is -0.480 e. The van der Waals surface area contributed by atoms with Crippen LogP contribution >= 0.6 is 0 Å². The van der Waals surface area contributed by atoms with Gasteiger partial charge in [0.05, 0.1) is 12.5 Å². The van der Waals surface area contributed by atoms with Crippen LogP contribution in [0.5, 0.6) is 0 Å². The van der Waals surface area contributed by atoms with Crippen LogP contribution < -0.4 is 5.32 Å². The highest BCUT2D eigenvalue weighted by Gasteiger charge is 2.27. The first kappa shape index (κ1) is 17.2. The van der Waals surface area contributed by atoms with Crippen molar-refractivity contribution < 1.29 is 29.0 Å². The predicted molar refractivity (Wildman–Crippen MR) is 66.6 cm³/mol. The fourth-order valence-corrected chi connectivity index (χ4v) is 1.13. The highest BCUT2D eigenvalue weighted by Crippen LogP contribution is 2.07. The molecule has 0 bridgehead atoms. The Morgan fingerprint density at radius 3 is 2.11 bits per heavy atom. The number of nitrogens with one attached hydrogen (secondary N) is 1. The van der Waals surface area contributed by atoms with Gasteiger partial charge in [0.25, 0.3) is 0 Å². The Balaban J connectivity index is 4.47. The molecule has 0 heterocycles. The van der Waals surface area contributed by atoms with Gasteiger partial charge in [0.2, 0.25) is 0 Å². The molecule has 0 aliphatic rings. The number of alkyl carbamates (subject to hydrolysis) is 1. The third kappa shape index (κ3) is 8.87. The predicted octanol–water partition coefficient (Wildman–Crippen LogP) is 1.31. The fraction of sp³-hybridized carbons (Fsp3) is 0.750. The molecule has 0 saturated carbocycles. The summed E-state index contributed by atoms with van der Waals surface area (Å²) in [7, 11) is 0. The van der Waals surface area contributed by atoms with E-state index in [9.17, 15) is 14.4 Å². The zero-order chi connectivity index (χ0) is 15.2. The molecular formula is C12H21NO6. The van der Waals surface area contributed by atoms with E-state index >= 15 is 0 Å². The summed E-state index contributed by atoms with van der Waals surface area (Å²) in [6, 6.07) is -1.37. The Labute approximate surface area is 112 Å². The van der Waals surface area contributed by atoms with Crippen LogP contribution in [0.4, 0.5) is 4.79 Å². The number of aliphatic carboxylic acids is 1. The van der Waals surface area contributed by atoms with Crippen molar-refractivity contribution in [2.45, 2.75) is 58.8 Å². The number of amides is 1. The van der Waals surface area contributed by atoms with Crippen molar-refractivity contribution in [3.05, 3.63) is 0 Å². The lowest BCUT2D eigenvalue weighted by molar-refractivity contribution is -0.152. The molecule has 0 aliphatic carbocycles. The molecule has 1 atom stereocenters. The number of ether oxygens (including phenoxy) is 2. The largest absolute Gasteiger partial charge is 0.480 e. The van der Waals surface area contributed by atoms with E-state index < -0.39 is 36.1 Å². The zero-order valence-corrected chi connectivity index (χ0v) is 11.9. The highest BCUT2D eigenvalue weighted by atomic mass is 16.6. The average molecular weight is 275 g/mol. The first-order valence-electron chi connectivity index (χ1n) is 5.93. The van der Waals surface area contributed by atoms with E-state index in [2.05, 4.69) is 5.32 Å². The van der Waals surface area contributed by atoms with Crippen LogP contribution in [-0.4, -0.2) is 40.9 Å². The van der Waals surface area contributed by atoms with Gasteiger partial charge >= 0.3 is 18.0 Å². The van der Waals surface area contributed by atoms with Crippen LogP contribution in [0.15, 0.2) is 0 Å². The molecule has 0 radical (unpaired) electrons. The molecule has 0 rings (SSSR count). The number of carboxylic acids is 1. The van der Waals surface area contributed by atoms with Crippen molar-refractivity contribution >= 4 is 18.0 Å². The normalized spacial score (nSPS) is 12.7. The van der Waals surface area contributed by atoms with Gasteiger partial charge in [-0.15, -0.1) is 0 Å². The Bertz CT molecular complexity index is 345. The Morgan fingerprint density at radius 1 is 1.21 bits per heavy atom. The molecule has 7 nitrogen and oxygen atoms in total. The lowest BCUT2D eigenvalue weighted by Crippen LogP contribution is -2.44. The molecule has 0 aliphatic heterocycles. The maximum absolute atomic E-state index is 11.4. The minimum atomic E-state index is -1.37. The van der Waals surface area contributed by atoms with E-state index in [0.29, 0.717) is 0 Å². The van der Waals surface area contributed by atoms with Gasteiger partial charge in [-0.2, -0.15) is 0 Å². The van der Waals surface area contributed by atoms with E-state index in [1.165, 1.54) is 0 Å². The molecule has 0 aromatic heterocycles. The van der Waals surface area contributed by atoms with Gasteiger partial charge in [-0.3, -0.25) is 4.79 Å². The van der Waals surface area contributed by atoms with Crippen molar-refractivity contribution in [3.8, 4) is 0 Å². The second-order valence-electron chi connectivity index (χ2n) is 5.28. The van der Waals surface area contributed by atoms with Crippen LogP contribution in [-0.2, 0) is 19.1 Å². The molecule has 110 valence electrons. The summed E-state index contributed by atoms with van der Waals surface area (Å²) in [6.45, 7) is 8.24. The van der Waals surface area contributed by atoms with Gasteiger partial charge in [-0.25, -0.2) is 9.59 Å². The average Bonchev–Trinajstić information content (AvgIpc) is 2.11. The second kappa shape index (κ2) is 6.96. The van der Waals surface area contributed by atoms with Gasteiger partial charge in [-0.1, -0.05) is 0 Å². The van der Waals surface area contributed by atoms with Crippen molar-refractivity contribution in [2.75, 3.05) is 0 Å². The van der Waals surface area contributed by atoms with E-state index in [1.807, 2.05) is 0 Å². The van der Waals surface area contributed by atoms with E-state index in [0.717, 1.165) is 0 Å². The quantitative estimate of drug-likeness (QED) is 0.733. The Kier molecular flexibility index (Phi) is 6.31. The number of hydrogen-bond acceptors (Lipinski definition) is 5. The number of carboxylic acid groups (broad SMARTS) is 1. The molecule has 19 heavy (non-hydrogen) atoms. The van der Waals surface area contributed by atoms with E-state index in [-0.39, 0.29) is 6.10 Å². The molecule has 1 amide bonds. The molecule has 0 fully saturated rings. The molecule has 1 unspecified atom stereocenters. The number of esters is 1. The first-order chi connectivity index (χ1) is 8.51. The SMILES string of the molecule is CC(C)OC(=O)CC(NC(=O)OC(C)(C)C)C(=O)O. The van der Waals surface area contributed by atoms with Gasteiger partial charge in [0.15, 0.2) is 0 Å². The maximum atomic E-state index is 11.4.